The first kappa shape index (κ1) is 16.1. The van der Waals surface area contributed by atoms with Gasteiger partial charge in [0.25, 0.3) is 5.22 Å². The van der Waals surface area contributed by atoms with Crippen LogP contribution in [0.25, 0.3) is 11.3 Å². The molecule has 21 heavy (non-hydrogen) atoms. The first-order valence-corrected chi connectivity index (χ1v) is 8.27. The van der Waals surface area contributed by atoms with E-state index in [1.165, 1.54) is 11.8 Å². The van der Waals surface area contributed by atoms with Gasteiger partial charge >= 0.3 is 0 Å². The summed E-state index contributed by atoms with van der Waals surface area (Å²) >= 11 is 4.71. The van der Waals surface area contributed by atoms with Crippen molar-refractivity contribution in [1.82, 2.24) is 10.3 Å². The lowest BCUT2D eigenvalue weighted by Crippen LogP contribution is -2.41. The zero-order valence-electron chi connectivity index (χ0n) is 12.1. The minimum absolute atomic E-state index is 0.0327. The summed E-state index contributed by atoms with van der Waals surface area (Å²) < 4.78 is 6.64. The Morgan fingerprint density at radius 2 is 2.19 bits per heavy atom. The first-order valence-electron chi connectivity index (χ1n) is 6.49. The van der Waals surface area contributed by atoms with Crippen molar-refractivity contribution < 1.29 is 9.21 Å². The molecule has 1 N–H and O–H groups in total. The number of carbonyl (C=O) groups is 1. The van der Waals surface area contributed by atoms with Crippen molar-refractivity contribution in [2.24, 2.45) is 0 Å². The minimum Gasteiger partial charge on any atom is -0.431 e. The van der Waals surface area contributed by atoms with Gasteiger partial charge in [0, 0.05) is 15.6 Å². The highest BCUT2D eigenvalue weighted by Gasteiger charge is 2.15. The predicted molar refractivity (Wildman–Crippen MR) is 88.3 cm³/mol. The van der Waals surface area contributed by atoms with Crippen molar-refractivity contribution in [2.75, 3.05) is 5.75 Å². The number of aromatic nitrogens is 1. The van der Waals surface area contributed by atoms with Gasteiger partial charge in [-0.05, 0) is 32.9 Å². The molecule has 0 unspecified atom stereocenters. The quantitative estimate of drug-likeness (QED) is 0.824. The molecule has 0 spiro atoms. The summed E-state index contributed by atoms with van der Waals surface area (Å²) in [6.45, 7) is 5.85. The van der Waals surface area contributed by atoms with Crippen molar-refractivity contribution in [3.63, 3.8) is 0 Å². The fourth-order valence-corrected chi connectivity index (χ4v) is 2.68. The summed E-state index contributed by atoms with van der Waals surface area (Å²) in [6, 6.07) is 7.80. The maximum atomic E-state index is 11.7. The largest absolute Gasteiger partial charge is 0.431 e. The molecule has 0 saturated carbocycles. The molecule has 1 heterocycles. The third kappa shape index (κ3) is 5.21. The molecule has 0 saturated heterocycles. The normalized spacial score (nSPS) is 11.4. The maximum absolute atomic E-state index is 11.7. The molecule has 1 aromatic carbocycles. The van der Waals surface area contributed by atoms with Crippen LogP contribution in [0.2, 0.25) is 0 Å². The topological polar surface area (TPSA) is 55.1 Å². The highest BCUT2D eigenvalue weighted by molar-refractivity contribution is 9.10. The second-order valence-corrected chi connectivity index (χ2v) is 7.43. The van der Waals surface area contributed by atoms with E-state index in [9.17, 15) is 4.79 Å². The Morgan fingerprint density at radius 1 is 1.43 bits per heavy atom. The van der Waals surface area contributed by atoms with Gasteiger partial charge in [-0.25, -0.2) is 4.98 Å². The standard InChI is InChI=1S/C15H17BrN2O2S/c1-15(2,3)18-13(19)9-21-14-17-8-12(20-14)10-5-4-6-11(16)7-10/h4-8H,9H2,1-3H3,(H,18,19). The number of carbonyl (C=O) groups excluding carboxylic acids is 1. The van der Waals surface area contributed by atoms with E-state index in [0.29, 0.717) is 11.0 Å². The number of amides is 1. The van der Waals surface area contributed by atoms with E-state index < -0.39 is 0 Å². The van der Waals surface area contributed by atoms with Crippen LogP contribution in [0.15, 0.2) is 44.6 Å². The van der Waals surface area contributed by atoms with Crippen molar-refractivity contribution in [1.29, 1.82) is 0 Å². The summed E-state index contributed by atoms with van der Waals surface area (Å²) in [5.74, 6) is 0.945. The third-order valence-corrected chi connectivity index (χ3v) is 3.77. The number of thioether (sulfide) groups is 1. The molecule has 0 aliphatic heterocycles. The maximum Gasteiger partial charge on any atom is 0.256 e. The van der Waals surface area contributed by atoms with Gasteiger partial charge in [-0.2, -0.15) is 0 Å². The molecular formula is C15H17BrN2O2S. The summed E-state index contributed by atoms with van der Waals surface area (Å²) in [6.07, 6.45) is 1.67. The molecule has 2 aromatic rings. The smallest absolute Gasteiger partial charge is 0.256 e. The molecule has 1 amide bonds. The molecule has 6 heteroatoms. The van der Waals surface area contributed by atoms with Gasteiger partial charge in [0.1, 0.15) is 0 Å². The molecule has 0 atom stereocenters. The zero-order valence-corrected chi connectivity index (χ0v) is 14.5. The van der Waals surface area contributed by atoms with E-state index >= 15 is 0 Å². The van der Waals surface area contributed by atoms with E-state index in [2.05, 4.69) is 26.2 Å². The number of nitrogens with zero attached hydrogens (tertiary/aromatic N) is 1. The minimum atomic E-state index is -0.226. The molecule has 0 aliphatic rings. The van der Waals surface area contributed by atoms with Crippen LogP contribution in [0.1, 0.15) is 20.8 Å². The fourth-order valence-electron chi connectivity index (χ4n) is 1.68. The number of nitrogens with one attached hydrogen (secondary N) is 1. The van der Waals surface area contributed by atoms with Crippen LogP contribution in [0, 0.1) is 0 Å². The molecule has 0 bridgehead atoms. The molecule has 4 nitrogen and oxygen atoms in total. The van der Waals surface area contributed by atoms with Crippen LogP contribution < -0.4 is 5.32 Å². The predicted octanol–water partition coefficient (Wildman–Crippen LogP) is 4.11. The third-order valence-electron chi connectivity index (χ3n) is 2.43. The van der Waals surface area contributed by atoms with Gasteiger partial charge in [-0.3, -0.25) is 4.79 Å². The number of rotatable bonds is 4. The van der Waals surface area contributed by atoms with E-state index in [4.69, 9.17) is 4.42 Å². The molecule has 0 aliphatic carbocycles. The van der Waals surface area contributed by atoms with Crippen molar-refractivity contribution in [3.05, 3.63) is 34.9 Å². The highest BCUT2D eigenvalue weighted by atomic mass is 79.9. The molecule has 112 valence electrons. The average Bonchev–Trinajstić information content (AvgIpc) is 2.83. The van der Waals surface area contributed by atoms with Crippen molar-refractivity contribution >= 4 is 33.6 Å². The lowest BCUT2D eigenvalue weighted by atomic mass is 10.1. The fraction of sp³-hybridized carbons (Fsp3) is 0.333. The van der Waals surface area contributed by atoms with E-state index in [1.54, 1.807) is 6.20 Å². The van der Waals surface area contributed by atoms with Gasteiger partial charge in [0.2, 0.25) is 5.91 Å². The van der Waals surface area contributed by atoms with Crippen LogP contribution in [-0.2, 0) is 4.79 Å². The number of halogens is 1. The lowest BCUT2D eigenvalue weighted by molar-refractivity contribution is -0.119. The van der Waals surface area contributed by atoms with Crippen LogP contribution in [0.4, 0.5) is 0 Å². The second-order valence-electron chi connectivity index (χ2n) is 5.59. The first-order chi connectivity index (χ1) is 9.83. The summed E-state index contributed by atoms with van der Waals surface area (Å²) in [5, 5.41) is 3.39. The monoisotopic (exact) mass is 368 g/mol. The van der Waals surface area contributed by atoms with Crippen molar-refractivity contribution in [3.8, 4) is 11.3 Å². The molecule has 2 rings (SSSR count). The highest BCUT2D eigenvalue weighted by Crippen LogP contribution is 2.27. The Balaban J connectivity index is 1.96. The van der Waals surface area contributed by atoms with Crippen LogP contribution in [0.5, 0.6) is 0 Å². The van der Waals surface area contributed by atoms with Gasteiger partial charge < -0.3 is 9.73 Å². The Bertz CT molecular complexity index is 635. The van der Waals surface area contributed by atoms with Gasteiger partial charge in [-0.15, -0.1) is 0 Å². The van der Waals surface area contributed by atoms with E-state index in [-0.39, 0.29) is 17.2 Å². The number of hydrogen-bond donors (Lipinski definition) is 1. The molecular weight excluding hydrogens is 352 g/mol. The second kappa shape index (κ2) is 6.66. The van der Waals surface area contributed by atoms with Gasteiger partial charge in [-0.1, -0.05) is 39.8 Å². The summed E-state index contributed by atoms with van der Waals surface area (Å²) in [5.41, 5.74) is 0.721. The Morgan fingerprint density at radius 3 is 2.86 bits per heavy atom. The average molecular weight is 369 g/mol. The SMILES string of the molecule is CC(C)(C)NC(=O)CSc1ncc(-c2cccc(Br)c2)o1. The van der Waals surface area contributed by atoms with E-state index in [1.807, 2.05) is 45.0 Å². The molecule has 0 fully saturated rings. The number of oxazole rings is 1. The lowest BCUT2D eigenvalue weighted by Gasteiger charge is -2.19. The Labute approximate surface area is 136 Å². The van der Waals surface area contributed by atoms with Gasteiger partial charge in [0.15, 0.2) is 5.76 Å². The van der Waals surface area contributed by atoms with E-state index in [0.717, 1.165) is 10.0 Å². The van der Waals surface area contributed by atoms with Crippen LogP contribution in [-0.4, -0.2) is 22.2 Å². The van der Waals surface area contributed by atoms with Crippen LogP contribution >= 0.6 is 27.7 Å². The van der Waals surface area contributed by atoms with Gasteiger partial charge in [0.05, 0.1) is 11.9 Å². The Hall–Kier alpha value is -1.27. The number of hydrogen-bond acceptors (Lipinski definition) is 4. The summed E-state index contributed by atoms with van der Waals surface area (Å²) in [7, 11) is 0. The van der Waals surface area contributed by atoms with Crippen LogP contribution in [0.3, 0.4) is 0 Å². The number of benzene rings is 1. The zero-order chi connectivity index (χ0) is 15.5. The van der Waals surface area contributed by atoms with Crippen molar-refractivity contribution in [2.45, 2.75) is 31.5 Å². The molecule has 1 aromatic heterocycles. The molecule has 0 radical (unpaired) electrons. The Kier molecular flexibility index (Phi) is 5.11. The summed E-state index contributed by atoms with van der Waals surface area (Å²) in [4.78, 5) is 15.9.